The van der Waals surface area contributed by atoms with Gasteiger partial charge in [-0.2, -0.15) is 0 Å². The number of nitrogens with one attached hydrogen (secondary N) is 1. The number of benzene rings is 2. The quantitative estimate of drug-likeness (QED) is 0.134. The van der Waals surface area contributed by atoms with Gasteiger partial charge in [0.2, 0.25) is 0 Å². The van der Waals surface area contributed by atoms with Gasteiger partial charge in [0.1, 0.15) is 11.6 Å². The summed E-state index contributed by atoms with van der Waals surface area (Å²) in [5, 5.41) is 3.44. The molecule has 3 saturated heterocycles. The Morgan fingerprint density at radius 3 is 1.42 bits per heavy atom. The first-order valence-corrected chi connectivity index (χ1v) is 22.6. The van der Waals surface area contributed by atoms with E-state index in [4.69, 9.17) is 14.2 Å². The van der Waals surface area contributed by atoms with Crippen LogP contribution in [0.2, 0.25) is 0 Å². The molecule has 1 N–H and O–H groups in total. The van der Waals surface area contributed by atoms with Gasteiger partial charge >= 0.3 is 11.9 Å². The first kappa shape index (κ1) is 42.1. The van der Waals surface area contributed by atoms with Gasteiger partial charge in [-0.3, -0.25) is 4.90 Å². The second-order valence-electron chi connectivity index (χ2n) is 17.6. The fourth-order valence-electron chi connectivity index (χ4n) is 9.88. The van der Waals surface area contributed by atoms with E-state index in [1.807, 2.05) is 0 Å². The summed E-state index contributed by atoms with van der Waals surface area (Å²) in [5.74, 6) is 2.23. The van der Waals surface area contributed by atoms with E-state index in [1.165, 1.54) is 86.7 Å². The van der Waals surface area contributed by atoms with E-state index >= 15 is 0 Å². The van der Waals surface area contributed by atoms with Gasteiger partial charge in [-0.1, -0.05) is 61.4 Å². The minimum Gasteiger partial charge on any atom is -0.462 e. The van der Waals surface area contributed by atoms with Crippen molar-refractivity contribution < 1.29 is 23.8 Å². The molecule has 5 aliphatic rings. The molecule has 4 aromatic rings. The molecular formula is C49H62N6O5. The third-order valence-electron chi connectivity index (χ3n) is 14.0. The van der Waals surface area contributed by atoms with E-state index in [0.717, 1.165) is 63.6 Å². The Labute approximate surface area is 355 Å². The van der Waals surface area contributed by atoms with Crippen molar-refractivity contribution in [1.29, 1.82) is 0 Å². The van der Waals surface area contributed by atoms with Crippen molar-refractivity contribution in [3.63, 3.8) is 0 Å². The molecule has 2 aliphatic carbocycles. The molecule has 0 bridgehead atoms. The summed E-state index contributed by atoms with van der Waals surface area (Å²) in [6.45, 7) is 10.7. The van der Waals surface area contributed by atoms with E-state index in [2.05, 4.69) is 78.7 Å². The van der Waals surface area contributed by atoms with Crippen LogP contribution in [-0.2, 0) is 37.9 Å². The summed E-state index contributed by atoms with van der Waals surface area (Å²) in [4.78, 5) is 44.1. The minimum atomic E-state index is -0.361. The highest BCUT2D eigenvalue weighted by atomic mass is 16.5. The number of hydrogen-bond acceptors (Lipinski definition) is 11. The lowest BCUT2D eigenvalue weighted by Gasteiger charge is -2.43. The van der Waals surface area contributed by atoms with Gasteiger partial charge in [0.15, 0.2) is 0 Å². The molecule has 9 rings (SSSR count). The number of piperidine rings is 2. The lowest BCUT2D eigenvalue weighted by molar-refractivity contribution is -0.0712. The fourth-order valence-corrected chi connectivity index (χ4v) is 9.88. The summed E-state index contributed by atoms with van der Waals surface area (Å²) in [5.41, 5.74) is 6.83. The molecule has 318 valence electrons. The van der Waals surface area contributed by atoms with Crippen LogP contribution in [0.3, 0.4) is 0 Å². The average molecular weight is 815 g/mol. The molecule has 11 heteroatoms. The number of ether oxygens (including phenoxy) is 3. The van der Waals surface area contributed by atoms with Gasteiger partial charge in [0.05, 0.1) is 43.6 Å². The zero-order valence-corrected chi connectivity index (χ0v) is 35.6. The second kappa shape index (κ2) is 19.4. The number of nitrogens with zero attached hydrogens (tertiary/aromatic N) is 5. The average Bonchev–Trinajstić information content (AvgIpc) is 3.24. The number of carbonyl (C=O) groups excluding carboxylic acids is 2. The highest BCUT2D eigenvalue weighted by Crippen LogP contribution is 2.47. The van der Waals surface area contributed by atoms with Crippen molar-refractivity contribution >= 4 is 11.9 Å². The van der Waals surface area contributed by atoms with Crippen LogP contribution in [0.5, 0.6) is 0 Å². The van der Waals surface area contributed by atoms with Crippen molar-refractivity contribution in [3.8, 4) is 0 Å². The highest BCUT2D eigenvalue weighted by Gasteiger charge is 2.41. The van der Waals surface area contributed by atoms with Crippen LogP contribution < -0.4 is 5.32 Å². The molecule has 60 heavy (non-hydrogen) atoms. The summed E-state index contributed by atoms with van der Waals surface area (Å²) >= 11 is 0. The second-order valence-corrected chi connectivity index (χ2v) is 17.6. The Balaban J connectivity index is 0.000000168. The first-order chi connectivity index (χ1) is 29.4. The van der Waals surface area contributed by atoms with E-state index in [-0.39, 0.29) is 22.8 Å². The minimum absolute atomic E-state index is 0.123. The van der Waals surface area contributed by atoms with Crippen molar-refractivity contribution in [3.05, 3.63) is 118 Å². The van der Waals surface area contributed by atoms with Gasteiger partial charge in [-0.25, -0.2) is 29.5 Å². The van der Waals surface area contributed by atoms with Gasteiger partial charge in [-0.05, 0) is 125 Å². The zero-order chi connectivity index (χ0) is 41.4. The molecule has 5 fully saturated rings. The van der Waals surface area contributed by atoms with Crippen LogP contribution in [0, 0.1) is 0 Å². The van der Waals surface area contributed by atoms with Crippen LogP contribution >= 0.6 is 0 Å². The molecule has 3 aliphatic heterocycles. The molecule has 2 aromatic carbocycles. The lowest BCUT2D eigenvalue weighted by atomic mass is 9.62. The Morgan fingerprint density at radius 2 is 1.07 bits per heavy atom. The highest BCUT2D eigenvalue weighted by molar-refractivity contribution is 5.89. The molecule has 2 saturated carbocycles. The summed E-state index contributed by atoms with van der Waals surface area (Å²) < 4.78 is 15.4. The maximum atomic E-state index is 11.9. The molecular weight excluding hydrogens is 753 g/mol. The molecule has 0 unspecified atom stereocenters. The van der Waals surface area contributed by atoms with E-state index in [0.29, 0.717) is 42.2 Å². The molecule has 11 nitrogen and oxygen atoms in total. The molecule has 0 atom stereocenters. The van der Waals surface area contributed by atoms with Crippen molar-refractivity contribution in [2.45, 2.75) is 120 Å². The fraction of sp³-hybridized carbons (Fsp3) is 0.551. The topological polar surface area (TPSA) is 129 Å². The Hall–Kier alpha value is -4.58. The van der Waals surface area contributed by atoms with Gasteiger partial charge in [0.25, 0.3) is 0 Å². The predicted octanol–water partition coefficient (Wildman–Crippen LogP) is 7.68. The van der Waals surface area contributed by atoms with Crippen LogP contribution in [-0.4, -0.2) is 95.4 Å². The van der Waals surface area contributed by atoms with Crippen LogP contribution in [0.1, 0.15) is 145 Å². The molecule has 2 aromatic heterocycles. The number of esters is 2. The van der Waals surface area contributed by atoms with Gasteiger partial charge in [-0.15, -0.1) is 0 Å². The summed E-state index contributed by atoms with van der Waals surface area (Å²) in [6, 6.07) is 19.4. The van der Waals surface area contributed by atoms with Crippen molar-refractivity contribution in [1.82, 2.24) is 30.2 Å². The maximum Gasteiger partial charge on any atom is 0.341 e. The number of carbonyl (C=O) groups is 2. The van der Waals surface area contributed by atoms with Crippen LogP contribution in [0.4, 0.5) is 0 Å². The van der Waals surface area contributed by atoms with Gasteiger partial charge < -0.3 is 19.5 Å². The number of rotatable bonds is 13. The predicted molar refractivity (Wildman–Crippen MR) is 230 cm³/mol. The van der Waals surface area contributed by atoms with Crippen molar-refractivity contribution in [2.24, 2.45) is 0 Å². The Kier molecular flexibility index (Phi) is 13.6. The molecule has 5 heterocycles. The first-order valence-electron chi connectivity index (χ1n) is 22.6. The summed E-state index contributed by atoms with van der Waals surface area (Å²) in [6.07, 6.45) is 20.1. The van der Waals surface area contributed by atoms with Crippen LogP contribution in [0.15, 0.2) is 73.3 Å². The molecule has 0 radical (unpaired) electrons. The normalized spacial score (nSPS) is 20.4. The largest absolute Gasteiger partial charge is 0.462 e. The number of aromatic nitrogens is 4. The zero-order valence-electron chi connectivity index (χ0n) is 35.6. The van der Waals surface area contributed by atoms with Crippen LogP contribution in [0.25, 0.3) is 0 Å². The van der Waals surface area contributed by atoms with E-state index in [9.17, 15) is 9.59 Å². The van der Waals surface area contributed by atoms with Gasteiger partial charge in [0, 0.05) is 48.5 Å². The monoisotopic (exact) mass is 814 g/mol. The Morgan fingerprint density at radius 1 is 0.650 bits per heavy atom. The molecule has 0 spiro atoms. The standard InChI is InChI=1S/C26H33N3O3.C23H29N3O2/c1-2-32-25(30)21-15-27-24(28-16-21)14-26(10-3-11-26)22-6-4-19(5-7-22)20-8-12-29(13-9-20)23-17-31-18-23;1-2-28-22(27)19-15-25-21(26-16-19)14-23(10-3-11-23)20-6-4-17(5-7-20)18-8-12-24-13-9-18/h4-7,15-16,20,23H,2-3,8-14,17-18H2,1H3;4-7,15-16,18,24H,2-3,8-14H2,1H3. The Bertz CT molecular complexity index is 2000. The third-order valence-corrected chi connectivity index (χ3v) is 14.0. The number of hydrogen-bond donors (Lipinski definition) is 1. The van der Waals surface area contributed by atoms with Crippen molar-refractivity contribution in [2.75, 3.05) is 52.6 Å². The third kappa shape index (κ3) is 9.64. The lowest BCUT2D eigenvalue weighted by Crippen LogP contribution is -2.51. The molecule has 0 amide bonds. The maximum absolute atomic E-state index is 11.9. The SMILES string of the molecule is CCOC(=O)c1cnc(CC2(c3ccc(C4CCN(C5COC5)CC4)cc3)CCC2)nc1.CCOC(=O)c1cnc(CC2(c3ccc(C4CCNCC4)cc3)CCC2)nc1. The van der Waals surface area contributed by atoms with E-state index in [1.54, 1.807) is 38.6 Å². The smallest absolute Gasteiger partial charge is 0.341 e. The number of likely N-dealkylation sites (tertiary alicyclic amines) is 1. The summed E-state index contributed by atoms with van der Waals surface area (Å²) in [7, 11) is 0. The van der Waals surface area contributed by atoms with E-state index < -0.39 is 0 Å².